The fraction of sp³-hybridized carbons (Fsp3) is 0.929. The molecule has 0 amide bonds. The second-order valence-electron chi connectivity index (χ2n) is 4.77. The minimum absolute atomic E-state index is 0.0921. The van der Waals surface area contributed by atoms with E-state index in [-0.39, 0.29) is 19.3 Å². The molecule has 0 heterocycles. The molecule has 0 aliphatic heterocycles. The van der Waals surface area contributed by atoms with Gasteiger partial charge in [0.05, 0.1) is 39.1 Å². The predicted molar refractivity (Wildman–Crippen MR) is 76.5 cm³/mol. The van der Waals surface area contributed by atoms with Crippen LogP contribution in [0.3, 0.4) is 0 Å². The maximum Gasteiger partial charge on any atom is 0.319 e. The molecule has 0 aromatic rings. The predicted octanol–water partition coefficient (Wildman–Crippen LogP) is 0.973. The summed E-state index contributed by atoms with van der Waals surface area (Å²) in [5.74, 6) is 0.161. The van der Waals surface area contributed by atoms with E-state index in [9.17, 15) is 4.79 Å². The Hall–Kier alpha value is -0.690. The lowest BCUT2D eigenvalue weighted by Gasteiger charge is -2.16. The standard InChI is InChI=1S/C14H29NO5/c1-4-12(2)10-20-13(3)11-18-6-5-17-7-8-19-14(16)9-15/h12-13H,4-11,15H2,1-3H3. The van der Waals surface area contributed by atoms with Crippen LogP contribution in [0, 0.1) is 5.92 Å². The average Bonchev–Trinajstić information content (AvgIpc) is 2.46. The van der Waals surface area contributed by atoms with Gasteiger partial charge in [0.2, 0.25) is 0 Å². The second kappa shape index (κ2) is 13.3. The minimum Gasteiger partial charge on any atom is -0.462 e. The third-order valence-electron chi connectivity index (χ3n) is 2.74. The van der Waals surface area contributed by atoms with Crippen molar-refractivity contribution in [3.8, 4) is 0 Å². The first-order valence-corrected chi connectivity index (χ1v) is 7.22. The molecule has 6 nitrogen and oxygen atoms in total. The molecule has 0 spiro atoms. The van der Waals surface area contributed by atoms with Crippen molar-refractivity contribution in [2.45, 2.75) is 33.3 Å². The number of nitrogens with two attached hydrogens (primary N) is 1. The highest BCUT2D eigenvalue weighted by atomic mass is 16.6. The summed E-state index contributed by atoms with van der Waals surface area (Å²) in [7, 11) is 0. The number of carbonyl (C=O) groups excluding carboxylic acids is 1. The van der Waals surface area contributed by atoms with Crippen molar-refractivity contribution in [2.24, 2.45) is 11.7 Å². The molecule has 0 bridgehead atoms. The van der Waals surface area contributed by atoms with Crippen molar-refractivity contribution in [3.05, 3.63) is 0 Å². The van der Waals surface area contributed by atoms with E-state index in [4.69, 9.17) is 24.7 Å². The molecule has 6 heteroatoms. The zero-order valence-electron chi connectivity index (χ0n) is 12.9. The van der Waals surface area contributed by atoms with Crippen LogP contribution in [0.2, 0.25) is 0 Å². The molecule has 0 aliphatic carbocycles. The van der Waals surface area contributed by atoms with Gasteiger partial charge in [0.1, 0.15) is 6.61 Å². The molecule has 0 rings (SSSR count). The number of hydrogen-bond donors (Lipinski definition) is 1. The minimum atomic E-state index is -0.419. The van der Waals surface area contributed by atoms with Crippen molar-refractivity contribution in [1.29, 1.82) is 0 Å². The molecule has 2 unspecified atom stereocenters. The highest BCUT2D eigenvalue weighted by Crippen LogP contribution is 2.03. The van der Waals surface area contributed by atoms with Gasteiger partial charge in [0, 0.05) is 6.61 Å². The Bertz CT molecular complexity index is 238. The number of ether oxygens (including phenoxy) is 4. The van der Waals surface area contributed by atoms with Gasteiger partial charge >= 0.3 is 5.97 Å². The third kappa shape index (κ3) is 12.3. The van der Waals surface area contributed by atoms with Crippen LogP contribution in [0.25, 0.3) is 0 Å². The van der Waals surface area contributed by atoms with E-state index < -0.39 is 5.97 Å². The van der Waals surface area contributed by atoms with Gasteiger partial charge in [-0.3, -0.25) is 4.79 Å². The molecule has 0 aromatic carbocycles. The Morgan fingerprint density at radius 2 is 1.70 bits per heavy atom. The van der Waals surface area contributed by atoms with Gasteiger partial charge in [-0.05, 0) is 12.8 Å². The summed E-state index contributed by atoms with van der Waals surface area (Å²) in [6, 6.07) is 0. The lowest BCUT2D eigenvalue weighted by atomic mass is 10.1. The van der Waals surface area contributed by atoms with E-state index >= 15 is 0 Å². The summed E-state index contributed by atoms with van der Waals surface area (Å²) in [4.78, 5) is 10.7. The fourth-order valence-corrected chi connectivity index (χ4v) is 1.24. The van der Waals surface area contributed by atoms with Gasteiger partial charge in [-0.25, -0.2) is 0 Å². The first-order chi connectivity index (χ1) is 9.60. The van der Waals surface area contributed by atoms with E-state index in [1.807, 2.05) is 6.92 Å². The van der Waals surface area contributed by atoms with E-state index in [2.05, 4.69) is 13.8 Å². The number of hydrogen-bond acceptors (Lipinski definition) is 6. The summed E-state index contributed by atoms with van der Waals surface area (Å²) in [6.45, 7) is 9.09. The normalized spacial score (nSPS) is 14.0. The molecular weight excluding hydrogens is 262 g/mol. The van der Waals surface area contributed by atoms with E-state index in [1.165, 1.54) is 0 Å². The van der Waals surface area contributed by atoms with Crippen LogP contribution >= 0.6 is 0 Å². The topological polar surface area (TPSA) is 80.0 Å². The molecule has 0 saturated carbocycles. The molecule has 0 saturated heterocycles. The van der Waals surface area contributed by atoms with E-state index in [0.29, 0.717) is 32.3 Å². The van der Waals surface area contributed by atoms with Crippen LogP contribution < -0.4 is 5.73 Å². The van der Waals surface area contributed by atoms with Gasteiger partial charge in [0.25, 0.3) is 0 Å². The molecule has 2 atom stereocenters. The Morgan fingerprint density at radius 3 is 2.35 bits per heavy atom. The lowest BCUT2D eigenvalue weighted by Crippen LogP contribution is -2.21. The second-order valence-corrected chi connectivity index (χ2v) is 4.77. The van der Waals surface area contributed by atoms with Crippen LogP contribution in [0.4, 0.5) is 0 Å². The number of carbonyl (C=O) groups is 1. The van der Waals surface area contributed by atoms with Crippen molar-refractivity contribution < 1.29 is 23.7 Å². The third-order valence-corrected chi connectivity index (χ3v) is 2.74. The summed E-state index contributed by atoms with van der Waals surface area (Å²) in [5, 5.41) is 0. The number of esters is 1. The van der Waals surface area contributed by atoms with Crippen LogP contribution in [0.15, 0.2) is 0 Å². The Kier molecular flexibility index (Phi) is 12.8. The van der Waals surface area contributed by atoms with Gasteiger partial charge in [-0.15, -0.1) is 0 Å². The van der Waals surface area contributed by atoms with Crippen LogP contribution in [-0.2, 0) is 23.7 Å². The van der Waals surface area contributed by atoms with Gasteiger partial charge in [0.15, 0.2) is 0 Å². The summed E-state index contributed by atoms with van der Waals surface area (Å²) >= 11 is 0. The highest BCUT2D eigenvalue weighted by molar-refractivity contribution is 5.71. The van der Waals surface area contributed by atoms with Crippen LogP contribution in [0.5, 0.6) is 0 Å². The molecule has 2 N–H and O–H groups in total. The average molecular weight is 291 g/mol. The molecular formula is C14H29NO5. The van der Waals surface area contributed by atoms with Gasteiger partial charge in [-0.1, -0.05) is 20.3 Å². The first kappa shape index (κ1) is 19.3. The van der Waals surface area contributed by atoms with Gasteiger partial charge in [-0.2, -0.15) is 0 Å². The van der Waals surface area contributed by atoms with Gasteiger partial charge < -0.3 is 24.7 Å². The Morgan fingerprint density at radius 1 is 1.05 bits per heavy atom. The summed E-state index contributed by atoms with van der Waals surface area (Å²) < 4.78 is 21.1. The monoisotopic (exact) mass is 291 g/mol. The first-order valence-electron chi connectivity index (χ1n) is 7.22. The zero-order valence-corrected chi connectivity index (χ0v) is 12.9. The van der Waals surface area contributed by atoms with Crippen molar-refractivity contribution >= 4 is 5.97 Å². The maximum atomic E-state index is 10.7. The Balaban J connectivity index is 3.25. The van der Waals surface area contributed by atoms with Crippen molar-refractivity contribution in [3.63, 3.8) is 0 Å². The van der Waals surface area contributed by atoms with E-state index in [1.54, 1.807) is 0 Å². The highest BCUT2D eigenvalue weighted by Gasteiger charge is 2.05. The van der Waals surface area contributed by atoms with Crippen molar-refractivity contribution in [1.82, 2.24) is 0 Å². The molecule has 0 radical (unpaired) electrons. The van der Waals surface area contributed by atoms with Crippen LogP contribution in [-0.4, -0.2) is 58.3 Å². The smallest absolute Gasteiger partial charge is 0.319 e. The lowest BCUT2D eigenvalue weighted by molar-refractivity contribution is -0.143. The molecule has 120 valence electrons. The molecule has 0 aliphatic rings. The SMILES string of the molecule is CCC(C)COC(C)COCCOCCOC(=O)CN. The van der Waals surface area contributed by atoms with Crippen molar-refractivity contribution in [2.75, 3.05) is 46.2 Å². The van der Waals surface area contributed by atoms with E-state index in [0.717, 1.165) is 13.0 Å². The van der Waals surface area contributed by atoms with Crippen LogP contribution in [0.1, 0.15) is 27.2 Å². The zero-order chi connectivity index (χ0) is 15.2. The molecule has 0 aromatic heterocycles. The Labute approximate surface area is 121 Å². The quantitative estimate of drug-likeness (QED) is 0.402. The number of rotatable bonds is 13. The summed E-state index contributed by atoms with van der Waals surface area (Å²) in [5.41, 5.74) is 5.09. The fourth-order valence-electron chi connectivity index (χ4n) is 1.24. The largest absolute Gasteiger partial charge is 0.462 e. The molecule has 20 heavy (non-hydrogen) atoms. The molecule has 0 fully saturated rings. The summed E-state index contributed by atoms with van der Waals surface area (Å²) in [6.07, 6.45) is 1.21. The maximum absolute atomic E-state index is 10.7.